The van der Waals surface area contributed by atoms with Gasteiger partial charge in [0.05, 0.1) is 6.04 Å². The lowest BCUT2D eigenvalue weighted by Gasteiger charge is -2.35. The standard InChI is InChI=1S/C17H25N3O2/c1-14(18)17(22)20-12-10-19(11-13-20)16(21)9-5-8-15-6-3-2-4-7-15/h2-4,6-7,14H,5,8-13,18H2,1H3/t14-/m0/s1. The average Bonchev–Trinajstić information content (AvgIpc) is 2.55. The quantitative estimate of drug-likeness (QED) is 0.883. The molecule has 22 heavy (non-hydrogen) atoms. The SMILES string of the molecule is C[C@H](N)C(=O)N1CCN(C(=O)CCCc2ccccc2)CC1. The molecule has 0 aliphatic carbocycles. The molecule has 2 amide bonds. The van der Waals surface area contributed by atoms with Crippen LogP contribution >= 0.6 is 0 Å². The number of hydrogen-bond acceptors (Lipinski definition) is 3. The summed E-state index contributed by atoms with van der Waals surface area (Å²) in [4.78, 5) is 27.6. The van der Waals surface area contributed by atoms with Crippen molar-refractivity contribution in [1.82, 2.24) is 9.80 Å². The van der Waals surface area contributed by atoms with Gasteiger partial charge in [0.2, 0.25) is 11.8 Å². The second-order valence-corrected chi connectivity index (χ2v) is 5.83. The minimum Gasteiger partial charge on any atom is -0.339 e. The highest BCUT2D eigenvalue weighted by atomic mass is 16.2. The van der Waals surface area contributed by atoms with Gasteiger partial charge in [-0.1, -0.05) is 30.3 Å². The number of aryl methyl sites for hydroxylation is 1. The summed E-state index contributed by atoms with van der Waals surface area (Å²) < 4.78 is 0. The summed E-state index contributed by atoms with van der Waals surface area (Å²) >= 11 is 0. The summed E-state index contributed by atoms with van der Waals surface area (Å²) in [6.45, 7) is 4.10. The van der Waals surface area contributed by atoms with E-state index in [9.17, 15) is 9.59 Å². The van der Waals surface area contributed by atoms with Gasteiger partial charge in [-0.25, -0.2) is 0 Å². The van der Waals surface area contributed by atoms with E-state index >= 15 is 0 Å². The van der Waals surface area contributed by atoms with Crippen LogP contribution in [0.4, 0.5) is 0 Å². The molecule has 1 aromatic rings. The summed E-state index contributed by atoms with van der Waals surface area (Å²) in [5.41, 5.74) is 6.88. The maximum absolute atomic E-state index is 12.2. The van der Waals surface area contributed by atoms with Crippen molar-refractivity contribution in [1.29, 1.82) is 0 Å². The molecule has 5 nitrogen and oxygen atoms in total. The molecule has 1 heterocycles. The molecule has 5 heteroatoms. The summed E-state index contributed by atoms with van der Waals surface area (Å²) in [6, 6.07) is 9.74. The molecule has 0 bridgehead atoms. The second-order valence-electron chi connectivity index (χ2n) is 5.83. The third-order valence-electron chi connectivity index (χ3n) is 4.03. The average molecular weight is 303 g/mol. The normalized spacial score (nSPS) is 16.5. The van der Waals surface area contributed by atoms with Crippen LogP contribution in [-0.4, -0.2) is 53.8 Å². The van der Waals surface area contributed by atoms with Crippen LogP contribution in [0.5, 0.6) is 0 Å². The Bertz CT molecular complexity index is 494. The predicted molar refractivity (Wildman–Crippen MR) is 86.2 cm³/mol. The maximum atomic E-state index is 12.2. The fourth-order valence-electron chi connectivity index (χ4n) is 2.71. The van der Waals surface area contributed by atoms with E-state index in [1.54, 1.807) is 11.8 Å². The van der Waals surface area contributed by atoms with E-state index in [1.807, 2.05) is 23.1 Å². The third kappa shape index (κ3) is 4.56. The van der Waals surface area contributed by atoms with Gasteiger partial charge in [0, 0.05) is 32.6 Å². The van der Waals surface area contributed by atoms with Crippen LogP contribution in [-0.2, 0) is 16.0 Å². The maximum Gasteiger partial charge on any atom is 0.239 e. The largest absolute Gasteiger partial charge is 0.339 e. The van der Waals surface area contributed by atoms with Crippen molar-refractivity contribution in [3.05, 3.63) is 35.9 Å². The Morgan fingerprint density at radius 3 is 2.27 bits per heavy atom. The number of benzene rings is 1. The third-order valence-corrected chi connectivity index (χ3v) is 4.03. The lowest BCUT2D eigenvalue weighted by atomic mass is 10.1. The van der Waals surface area contributed by atoms with Gasteiger partial charge in [-0.15, -0.1) is 0 Å². The monoisotopic (exact) mass is 303 g/mol. The van der Waals surface area contributed by atoms with Crippen molar-refractivity contribution >= 4 is 11.8 Å². The number of nitrogens with two attached hydrogens (primary N) is 1. The van der Waals surface area contributed by atoms with Crippen molar-refractivity contribution in [3.8, 4) is 0 Å². The summed E-state index contributed by atoms with van der Waals surface area (Å²) in [5.74, 6) is 0.153. The molecule has 2 N–H and O–H groups in total. The van der Waals surface area contributed by atoms with E-state index in [0.29, 0.717) is 32.6 Å². The smallest absolute Gasteiger partial charge is 0.239 e. The van der Waals surface area contributed by atoms with Crippen molar-refractivity contribution in [3.63, 3.8) is 0 Å². The van der Waals surface area contributed by atoms with E-state index < -0.39 is 6.04 Å². The first-order chi connectivity index (χ1) is 10.6. The van der Waals surface area contributed by atoms with Crippen molar-refractivity contribution < 1.29 is 9.59 Å². The lowest BCUT2D eigenvalue weighted by Crippen LogP contribution is -2.53. The molecule has 0 saturated carbocycles. The van der Waals surface area contributed by atoms with Gasteiger partial charge >= 0.3 is 0 Å². The Hall–Kier alpha value is -1.88. The number of carbonyl (C=O) groups is 2. The Kier molecular flexibility index (Phi) is 5.95. The highest BCUT2D eigenvalue weighted by molar-refractivity contribution is 5.82. The number of carbonyl (C=O) groups excluding carboxylic acids is 2. The molecule has 2 rings (SSSR count). The summed E-state index contributed by atoms with van der Waals surface area (Å²) in [7, 11) is 0. The lowest BCUT2D eigenvalue weighted by molar-refractivity contribution is -0.140. The van der Waals surface area contributed by atoms with Gasteiger partial charge in [-0.2, -0.15) is 0 Å². The number of piperazine rings is 1. The number of nitrogens with zero attached hydrogens (tertiary/aromatic N) is 2. The fourth-order valence-corrected chi connectivity index (χ4v) is 2.71. The minimum absolute atomic E-state index is 0.0313. The molecule has 1 aliphatic rings. The van der Waals surface area contributed by atoms with Crippen LogP contribution in [0.15, 0.2) is 30.3 Å². The second kappa shape index (κ2) is 7.94. The van der Waals surface area contributed by atoms with Crippen LogP contribution in [0.25, 0.3) is 0 Å². The minimum atomic E-state index is -0.465. The molecule has 120 valence electrons. The first kappa shape index (κ1) is 16.5. The molecular weight excluding hydrogens is 278 g/mol. The number of rotatable bonds is 5. The number of amides is 2. The summed E-state index contributed by atoms with van der Waals surface area (Å²) in [6.07, 6.45) is 2.35. The molecular formula is C17H25N3O2. The fraction of sp³-hybridized carbons (Fsp3) is 0.529. The van der Waals surface area contributed by atoms with Gasteiger partial charge in [-0.05, 0) is 25.3 Å². The predicted octanol–water partition coefficient (Wildman–Crippen LogP) is 1.03. The Morgan fingerprint density at radius 1 is 1.09 bits per heavy atom. The van der Waals surface area contributed by atoms with Crippen LogP contribution in [0.1, 0.15) is 25.3 Å². The van der Waals surface area contributed by atoms with E-state index in [1.165, 1.54) is 5.56 Å². The van der Waals surface area contributed by atoms with Gasteiger partial charge in [0.15, 0.2) is 0 Å². The van der Waals surface area contributed by atoms with Crippen LogP contribution < -0.4 is 5.73 Å². The van der Waals surface area contributed by atoms with E-state index in [0.717, 1.165) is 12.8 Å². The highest BCUT2D eigenvalue weighted by Crippen LogP contribution is 2.09. The Morgan fingerprint density at radius 2 is 1.68 bits per heavy atom. The molecule has 1 aliphatic heterocycles. The van der Waals surface area contributed by atoms with Crippen LogP contribution in [0.2, 0.25) is 0 Å². The van der Waals surface area contributed by atoms with E-state index in [2.05, 4.69) is 12.1 Å². The van der Waals surface area contributed by atoms with Crippen LogP contribution in [0, 0.1) is 0 Å². The molecule has 1 saturated heterocycles. The first-order valence-electron chi connectivity index (χ1n) is 7.94. The topological polar surface area (TPSA) is 66.6 Å². The first-order valence-corrected chi connectivity index (χ1v) is 7.94. The number of hydrogen-bond donors (Lipinski definition) is 1. The highest BCUT2D eigenvalue weighted by Gasteiger charge is 2.25. The molecule has 0 spiro atoms. The molecule has 0 unspecified atom stereocenters. The van der Waals surface area contributed by atoms with Crippen molar-refractivity contribution in [2.24, 2.45) is 5.73 Å². The van der Waals surface area contributed by atoms with E-state index in [-0.39, 0.29) is 11.8 Å². The van der Waals surface area contributed by atoms with Crippen LogP contribution in [0.3, 0.4) is 0 Å². The summed E-state index contributed by atoms with van der Waals surface area (Å²) in [5, 5.41) is 0. The van der Waals surface area contributed by atoms with Crippen molar-refractivity contribution in [2.75, 3.05) is 26.2 Å². The van der Waals surface area contributed by atoms with Gasteiger partial charge in [0.1, 0.15) is 0 Å². The van der Waals surface area contributed by atoms with Gasteiger partial charge < -0.3 is 15.5 Å². The van der Waals surface area contributed by atoms with E-state index in [4.69, 9.17) is 5.73 Å². The molecule has 0 aromatic heterocycles. The Balaban J connectivity index is 1.70. The zero-order chi connectivity index (χ0) is 15.9. The molecule has 0 radical (unpaired) electrons. The molecule has 1 fully saturated rings. The van der Waals surface area contributed by atoms with Crippen molar-refractivity contribution in [2.45, 2.75) is 32.2 Å². The Labute approximate surface area is 132 Å². The van der Waals surface area contributed by atoms with Gasteiger partial charge in [-0.3, -0.25) is 9.59 Å². The van der Waals surface area contributed by atoms with Gasteiger partial charge in [0.25, 0.3) is 0 Å². The molecule has 1 atom stereocenters. The zero-order valence-electron chi connectivity index (χ0n) is 13.2. The molecule has 1 aromatic carbocycles. The zero-order valence-corrected chi connectivity index (χ0v) is 13.2.